The van der Waals surface area contributed by atoms with Gasteiger partial charge in [-0.05, 0) is 18.6 Å². The predicted octanol–water partition coefficient (Wildman–Crippen LogP) is 1.49. The number of nitrogens with one attached hydrogen (secondary N) is 2. The van der Waals surface area contributed by atoms with Crippen LogP contribution < -0.4 is 21.8 Å². The highest BCUT2D eigenvalue weighted by atomic mass is 16.1. The Morgan fingerprint density at radius 1 is 1.19 bits per heavy atom. The quantitative estimate of drug-likeness (QED) is 0.705. The summed E-state index contributed by atoms with van der Waals surface area (Å²) in [6, 6.07) is 7.94. The molecule has 26 heavy (non-hydrogen) atoms. The molecular weight excluding hydrogens is 326 g/mol. The van der Waals surface area contributed by atoms with Crippen LogP contribution in [0.15, 0.2) is 46.5 Å². The molecule has 0 saturated heterocycles. The van der Waals surface area contributed by atoms with E-state index in [1.54, 1.807) is 10.6 Å². The van der Waals surface area contributed by atoms with E-state index in [0.717, 1.165) is 22.2 Å². The largest absolute Gasteiger partial charge is 0.357 e. The van der Waals surface area contributed by atoms with Crippen molar-refractivity contribution in [3.8, 4) is 0 Å². The average Bonchev–Trinajstić information content (AvgIpc) is 3.25. The van der Waals surface area contributed by atoms with Crippen molar-refractivity contribution in [3.05, 3.63) is 79.6 Å². The number of allylic oxidation sites excluding steroid dienone is 1. The Balaban J connectivity index is 2.10. The van der Waals surface area contributed by atoms with Crippen molar-refractivity contribution in [1.29, 1.82) is 0 Å². The lowest BCUT2D eigenvalue weighted by Gasteiger charge is -2.19. The van der Waals surface area contributed by atoms with Crippen LogP contribution in [-0.2, 0) is 12.0 Å². The molecule has 0 bridgehead atoms. The first-order chi connectivity index (χ1) is 12.4. The normalized spacial score (nSPS) is 14.5. The summed E-state index contributed by atoms with van der Waals surface area (Å²) >= 11 is 0. The molecule has 0 spiro atoms. The zero-order chi connectivity index (χ0) is 18.5. The first-order valence-electron chi connectivity index (χ1n) is 8.72. The van der Waals surface area contributed by atoms with E-state index in [0.29, 0.717) is 23.7 Å². The molecule has 2 N–H and O–H groups in total. The maximum atomic E-state index is 12.8. The minimum atomic E-state index is -0.314. The molecule has 0 atom stereocenters. The SMILES string of the molecule is C=CC(C)(C)c1[nH]c2ccccc2c1/C=c1/[nH]c(=O)c2n(c1=O)CCC=2. The molecule has 0 radical (unpaired) electrons. The standard InChI is InChI=1S/C21H21N3O2/c1-4-21(2,3)18-14(13-8-5-6-9-15(13)22-18)12-16-20(26)24-11-7-10-17(24)19(25)23-16/h4-6,8-10,12,22H,1,7,11H2,2-3H3,(H,23,25)/b16-12+. The lowest BCUT2D eigenvalue weighted by Crippen LogP contribution is -2.51. The van der Waals surface area contributed by atoms with Gasteiger partial charge in [0, 0.05) is 34.1 Å². The van der Waals surface area contributed by atoms with Crippen LogP contribution in [-0.4, -0.2) is 14.5 Å². The summed E-state index contributed by atoms with van der Waals surface area (Å²) in [6.45, 7) is 8.63. The Bertz CT molecular complexity index is 1270. The zero-order valence-corrected chi connectivity index (χ0v) is 14.9. The van der Waals surface area contributed by atoms with E-state index >= 15 is 0 Å². The zero-order valence-electron chi connectivity index (χ0n) is 14.9. The van der Waals surface area contributed by atoms with Crippen molar-refractivity contribution >= 4 is 23.1 Å². The number of fused-ring (bicyclic) bond motifs is 2. The highest BCUT2D eigenvalue weighted by Crippen LogP contribution is 2.32. The van der Waals surface area contributed by atoms with Crippen molar-refractivity contribution in [3.63, 3.8) is 0 Å². The van der Waals surface area contributed by atoms with E-state index in [1.807, 2.05) is 36.4 Å². The van der Waals surface area contributed by atoms with E-state index < -0.39 is 0 Å². The van der Waals surface area contributed by atoms with Crippen molar-refractivity contribution < 1.29 is 0 Å². The maximum Gasteiger partial charge on any atom is 0.274 e. The number of hydrogen-bond donors (Lipinski definition) is 2. The maximum absolute atomic E-state index is 12.8. The van der Waals surface area contributed by atoms with Crippen LogP contribution in [0.4, 0.5) is 0 Å². The predicted molar refractivity (Wildman–Crippen MR) is 105 cm³/mol. The second kappa shape index (κ2) is 5.73. The smallest absolute Gasteiger partial charge is 0.274 e. The summed E-state index contributed by atoms with van der Waals surface area (Å²) in [7, 11) is 0. The minimum Gasteiger partial charge on any atom is -0.357 e. The van der Waals surface area contributed by atoms with E-state index in [4.69, 9.17) is 0 Å². The third kappa shape index (κ3) is 2.39. The first kappa shape index (κ1) is 16.4. The molecule has 0 aliphatic carbocycles. The fraction of sp³-hybridized carbons (Fsp3) is 0.238. The first-order valence-corrected chi connectivity index (χ1v) is 8.72. The van der Waals surface area contributed by atoms with E-state index in [-0.39, 0.29) is 16.5 Å². The van der Waals surface area contributed by atoms with Crippen LogP contribution in [0, 0.1) is 0 Å². The van der Waals surface area contributed by atoms with Gasteiger partial charge in [0.25, 0.3) is 11.1 Å². The summed E-state index contributed by atoms with van der Waals surface area (Å²) in [5.74, 6) is 0. The minimum absolute atomic E-state index is 0.166. The second-order valence-corrected chi connectivity index (χ2v) is 7.23. The topological polar surface area (TPSA) is 70.7 Å². The van der Waals surface area contributed by atoms with Crippen molar-refractivity contribution in [1.82, 2.24) is 14.5 Å². The molecule has 3 aromatic rings. The number of para-hydroxylation sites is 1. The number of nitrogens with zero attached hydrogens (tertiary/aromatic N) is 1. The molecule has 0 unspecified atom stereocenters. The van der Waals surface area contributed by atoms with Gasteiger partial charge in [-0.15, -0.1) is 6.58 Å². The monoisotopic (exact) mass is 347 g/mol. The molecular formula is C21H21N3O2. The Kier molecular flexibility index (Phi) is 3.61. The summed E-state index contributed by atoms with van der Waals surface area (Å²) in [4.78, 5) is 31.4. The van der Waals surface area contributed by atoms with Crippen molar-refractivity contribution in [2.24, 2.45) is 0 Å². The van der Waals surface area contributed by atoms with Crippen LogP contribution in [0.5, 0.6) is 0 Å². The van der Waals surface area contributed by atoms with Crippen molar-refractivity contribution in [2.45, 2.75) is 32.2 Å². The number of H-pyrrole nitrogens is 2. The third-order valence-electron chi connectivity index (χ3n) is 5.13. The van der Waals surface area contributed by atoms with Gasteiger partial charge in [-0.2, -0.15) is 0 Å². The van der Waals surface area contributed by atoms with E-state index in [2.05, 4.69) is 30.4 Å². The molecule has 132 valence electrons. The molecule has 1 aromatic carbocycles. The summed E-state index contributed by atoms with van der Waals surface area (Å²) in [5.41, 5.74) is 2.15. The highest BCUT2D eigenvalue weighted by Gasteiger charge is 2.23. The number of aromatic amines is 2. The molecule has 1 aliphatic heterocycles. The molecule has 2 aromatic heterocycles. The average molecular weight is 347 g/mol. The number of benzene rings is 1. The van der Waals surface area contributed by atoms with Gasteiger partial charge in [-0.25, -0.2) is 0 Å². The molecule has 4 rings (SSSR count). The number of rotatable bonds is 3. The van der Waals surface area contributed by atoms with Gasteiger partial charge in [-0.3, -0.25) is 9.59 Å². The van der Waals surface area contributed by atoms with Gasteiger partial charge in [0.15, 0.2) is 0 Å². The second-order valence-electron chi connectivity index (χ2n) is 7.23. The van der Waals surface area contributed by atoms with Crippen LogP contribution in [0.1, 0.15) is 31.5 Å². The van der Waals surface area contributed by atoms with Gasteiger partial charge in [0.1, 0.15) is 10.7 Å². The van der Waals surface area contributed by atoms with Crippen LogP contribution >= 0.6 is 0 Å². The summed E-state index contributed by atoms with van der Waals surface area (Å²) in [6.07, 6.45) is 6.18. The Morgan fingerprint density at radius 3 is 2.73 bits per heavy atom. The lowest BCUT2D eigenvalue weighted by molar-refractivity contribution is 0.650. The van der Waals surface area contributed by atoms with Gasteiger partial charge < -0.3 is 14.5 Å². The van der Waals surface area contributed by atoms with Gasteiger partial charge >= 0.3 is 0 Å². The van der Waals surface area contributed by atoms with Crippen molar-refractivity contribution in [2.75, 3.05) is 0 Å². The summed E-state index contributed by atoms with van der Waals surface area (Å²) in [5, 5.41) is 1.77. The van der Waals surface area contributed by atoms with Gasteiger partial charge in [0.05, 0.1) is 0 Å². The van der Waals surface area contributed by atoms with Crippen LogP contribution in [0.25, 0.3) is 23.1 Å². The van der Waals surface area contributed by atoms with Gasteiger partial charge in [-0.1, -0.05) is 44.2 Å². The van der Waals surface area contributed by atoms with Crippen LogP contribution in [0.3, 0.4) is 0 Å². The van der Waals surface area contributed by atoms with E-state index in [1.165, 1.54) is 0 Å². The Hall–Kier alpha value is -3.08. The fourth-order valence-electron chi connectivity index (χ4n) is 3.54. The Labute approximate surface area is 150 Å². The Morgan fingerprint density at radius 2 is 1.96 bits per heavy atom. The van der Waals surface area contributed by atoms with Crippen LogP contribution in [0.2, 0.25) is 0 Å². The molecule has 0 saturated carbocycles. The number of aromatic nitrogens is 3. The highest BCUT2D eigenvalue weighted by molar-refractivity contribution is 5.91. The third-order valence-corrected chi connectivity index (χ3v) is 5.13. The van der Waals surface area contributed by atoms with E-state index in [9.17, 15) is 9.59 Å². The molecule has 5 nitrogen and oxygen atoms in total. The fourth-order valence-corrected chi connectivity index (χ4v) is 3.54. The molecule has 1 aliphatic rings. The van der Waals surface area contributed by atoms with Gasteiger partial charge in [0.2, 0.25) is 0 Å². The molecule has 0 amide bonds. The molecule has 5 heteroatoms. The molecule has 0 fully saturated rings. The number of hydrogen-bond acceptors (Lipinski definition) is 2. The lowest BCUT2D eigenvalue weighted by atomic mass is 9.86. The summed E-state index contributed by atoms with van der Waals surface area (Å²) < 4.78 is 1.55. The molecule has 3 heterocycles.